The van der Waals surface area contributed by atoms with E-state index < -0.39 is 18.2 Å². The standard InChI is InChI=1S/C15H15N4O2.C5.Fe/c1-10-14(20)15(21)13(16-10)12-9-19(18-17-12)8-4-7-11-5-2-3-6-11;1-2-4-5-3-1;/h4,7,9-10,13-16,20-21H,8H2,1H3;;/q-1;-5;/b7-4+;;/t10-,13-,14+,15-;;/m0../s1. The van der Waals surface area contributed by atoms with Crippen LogP contribution in [-0.4, -0.2) is 43.5 Å². The van der Waals surface area contributed by atoms with Gasteiger partial charge in [0.05, 0.1) is 12.1 Å². The maximum atomic E-state index is 9.97. The molecule has 0 spiro atoms. The van der Waals surface area contributed by atoms with Gasteiger partial charge in [-0.1, -0.05) is 5.21 Å². The van der Waals surface area contributed by atoms with Crippen LogP contribution in [0, 0.1) is 56.4 Å². The quantitative estimate of drug-likeness (QED) is 0.501. The summed E-state index contributed by atoms with van der Waals surface area (Å²) in [5.41, 5.74) is 1.41. The number of rotatable bonds is 4. The van der Waals surface area contributed by atoms with E-state index in [4.69, 9.17) is 0 Å². The van der Waals surface area contributed by atoms with Crippen LogP contribution >= 0.6 is 0 Å². The molecule has 2 fully saturated rings. The van der Waals surface area contributed by atoms with Crippen molar-refractivity contribution in [1.29, 1.82) is 0 Å². The first-order valence-electron chi connectivity index (χ1n) is 7.98. The van der Waals surface area contributed by atoms with Gasteiger partial charge in [-0.3, -0.25) is 4.68 Å². The summed E-state index contributed by atoms with van der Waals surface area (Å²) in [7, 11) is 0. The van der Waals surface area contributed by atoms with Gasteiger partial charge in [0, 0.05) is 35.9 Å². The summed E-state index contributed by atoms with van der Waals surface area (Å²) in [5, 5.41) is 30.9. The van der Waals surface area contributed by atoms with E-state index in [1.54, 1.807) is 10.9 Å². The first-order chi connectivity index (χ1) is 12.6. The van der Waals surface area contributed by atoms with Gasteiger partial charge in [0.2, 0.25) is 0 Å². The van der Waals surface area contributed by atoms with Gasteiger partial charge in [0.15, 0.2) is 0 Å². The molecule has 1 saturated carbocycles. The zero-order chi connectivity index (χ0) is 18.4. The van der Waals surface area contributed by atoms with Gasteiger partial charge in [0.25, 0.3) is 0 Å². The van der Waals surface area contributed by atoms with Crippen molar-refractivity contribution in [3.63, 3.8) is 0 Å². The van der Waals surface area contributed by atoms with E-state index in [0.29, 0.717) is 12.2 Å². The van der Waals surface area contributed by atoms with Crippen molar-refractivity contribution in [2.75, 3.05) is 0 Å². The third-order valence-corrected chi connectivity index (χ3v) is 3.87. The summed E-state index contributed by atoms with van der Waals surface area (Å²) < 4.78 is 1.66. The van der Waals surface area contributed by atoms with E-state index in [9.17, 15) is 10.2 Å². The maximum absolute atomic E-state index is 9.97. The summed E-state index contributed by atoms with van der Waals surface area (Å²) in [6.07, 6.45) is 16.3. The number of hydrogen-bond acceptors (Lipinski definition) is 5. The minimum atomic E-state index is -0.875. The fourth-order valence-electron chi connectivity index (χ4n) is 2.53. The van der Waals surface area contributed by atoms with Crippen LogP contribution in [0.4, 0.5) is 0 Å². The van der Waals surface area contributed by atoms with E-state index in [1.807, 2.05) is 19.1 Å². The normalized spacial score (nSPS) is 27.4. The molecule has 3 N–H and O–H groups in total. The molecular formula is C20H15FeN4O2-6. The van der Waals surface area contributed by atoms with Crippen LogP contribution < -0.4 is 5.32 Å². The van der Waals surface area contributed by atoms with Crippen molar-refractivity contribution in [2.45, 2.75) is 37.8 Å². The number of hydrogen-bond donors (Lipinski definition) is 3. The monoisotopic (exact) mass is 399 g/mol. The molecule has 0 amide bonds. The third kappa shape index (κ3) is 6.06. The second-order valence-electron chi connectivity index (χ2n) is 5.72. The largest absolute Gasteiger partial charge is 1.00 e. The molecule has 1 aromatic carbocycles. The average Bonchev–Trinajstić information content (AvgIpc) is 3.43. The molecule has 4 rings (SSSR count). The molecular weight excluding hydrogens is 384 g/mol. The number of aliphatic hydroxyl groups excluding tert-OH is 2. The summed E-state index contributed by atoms with van der Waals surface area (Å²) in [4.78, 5) is 0. The first kappa shape index (κ1) is 21.9. The minimum absolute atomic E-state index is 0. The molecule has 4 atom stereocenters. The average molecular weight is 399 g/mol. The van der Waals surface area contributed by atoms with E-state index in [0.717, 1.165) is 5.56 Å². The van der Waals surface area contributed by atoms with Crippen molar-refractivity contribution >= 4 is 6.08 Å². The van der Waals surface area contributed by atoms with Crippen molar-refractivity contribution in [2.24, 2.45) is 0 Å². The Balaban J connectivity index is 0.000000379. The van der Waals surface area contributed by atoms with Gasteiger partial charge < -0.3 is 47.6 Å². The Morgan fingerprint density at radius 2 is 1.81 bits per heavy atom. The van der Waals surface area contributed by atoms with Gasteiger partial charge in [-0.15, -0.1) is 34.9 Å². The van der Waals surface area contributed by atoms with E-state index >= 15 is 0 Å². The zero-order valence-corrected chi connectivity index (χ0v) is 15.4. The molecule has 6 nitrogen and oxygen atoms in total. The summed E-state index contributed by atoms with van der Waals surface area (Å²) in [5.74, 6) is 0. The van der Waals surface area contributed by atoms with Crippen molar-refractivity contribution < 1.29 is 27.3 Å². The Bertz CT molecular complexity index is 674. The minimum Gasteiger partial charge on any atom is -1.00 e. The molecule has 1 saturated heterocycles. The number of allylic oxidation sites excluding steroid dienone is 1. The predicted octanol–water partition coefficient (Wildman–Crippen LogP) is 0.0697. The van der Waals surface area contributed by atoms with Gasteiger partial charge in [-0.05, 0) is 6.92 Å². The molecule has 9 radical (unpaired) electrons. The predicted molar refractivity (Wildman–Crippen MR) is 90.0 cm³/mol. The zero-order valence-electron chi connectivity index (χ0n) is 14.3. The SMILES string of the molecule is C[C@@H]1N[C@@H](c2cn(C/C=C/[c-]3[c][c][c][c]3)nn2)[C@H](O)[C@@H]1O.[C-]1[C-][C-][C-][C-]1.[Fe]. The smallest absolute Gasteiger partial charge is 0.102 e. The van der Waals surface area contributed by atoms with Crippen LogP contribution in [0.1, 0.15) is 24.2 Å². The second kappa shape index (κ2) is 10.8. The van der Waals surface area contributed by atoms with Crippen LogP contribution in [0.5, 0.6) is 0 Å². The van der Waals surface area contributed by atoms with Crippen molar-refractivity contribution in [3.8, 4) is 0 Å². The third-order valence-electron chi connectivity index (χ3n) is 3.87. The Morgan fingerprint density at radius 1 is 1.19 bits per heavy atom. The molecule has 7 heteroatoms. The van der Waals surface area contributed by atoms with Gasteiger partial charge in [-0.25, -0.2) is 0 Å². The summed E-state index contributed by atoms with van der Waals surface area (Å²) in [6.45, 7) is 2.36. The topological polar surface area (TPSA) is 83.2 Å². The molecule has 141 valence electrons. The molecule has 2 aromatic rings. The summed E-state index contributed by atoms with van der Waals surface area (Å²) >= 11 is 0. The molecule has 1 aliphatic carbocycles. The Labute approximate surface area is 171 Å². The molecule has 2 aliphatic rings. The molecule has 0 unspecified atom stereocenters. The second-order valence-corrected chi connectivity index (χ2v) is 5.72. The Hall–Kier alpha value is -1.37. The Morgan fingerprint density at radius 3 is 2.37 bits per heavy atom. The molecule has 1 aliphatic heterocycles. The number of nitrogens with one attached hydrogen (secondary N) is 1. The molecule has 0 bridgehead atoms. The molecule has 1 aromatic heterocycles. The van der Waals surface area contributed by atoms with Crippen LogP contribution in [0.25, 0.3) is 6.08 Å². The fraction of sp³-hybridized carbons (Fsp3) is 0.300. The van der Waals surface area contributed by atoms with Crippen molar-refractivity contribution in [3.05, 3.63) is 79.9 Å². The summed E-state index contributed by atoms with van der Waals surface area (Å²) in [6, 6.07) is 10.5. The van der Waals surface area contributed by atoms with Gasteiger partial charge >= 0.3 is 0 Å². The van der Waals surface area contributed by atoms with Crippen LogP contribution in [0.3, 0.4) is 0 Å². The fourth-order valence-corrected chi connectivity index (χ4v) is 2.53. The number of aromatic nitrogens is 3. The van der Waals surface area contributed by atoms with E-state index in [1.165, 1.54) is 0 Å². The van der Waals surface area contributed by atoms with Gasteiger partial charge in [0.1, 0.15) is 11.8 Å². The Kier molecular flexibility index (Phi) is 8.80. The van der Waals surface area contributed by atoms with Crippen LogP contribution in [-0.2, 0) is 23.6 Å². The number of nitrogens with zero attached hydrogens (tertiary/aromatic N) is 3. The molecule has 27 heavy (non-hydrogen) atoms. The van der Waals surface area contributed by atoms with Crippen LogP contribution in [0.15, 0.2) is 12.3 Å². The van der Waals surface area contributed by atoms with E-state index in [-0.39, 0.29) is 23.1 Å². The van der Waals surface area contributed by atoms with Crippen LogP contribution in [0.2, 0.25) is 0 Å². The molecule has 2 heterocycles. The van der Waals surface area contributed by atoms with E-state index in [2.05, 4.69) is 72.0 Å². The first-order valence-corrected chi connectivity index (χ1v) is 7.98. The van der Waals surface area contributed by atoms with Crippen molar-refractivity contribution in [1.82, 2.24) is 20.3 Å². The maximum Gasteiger partial charge on any atom is 0.102 e. The van der Waals surface area contributed by atoms with Gasteiger partial charge in [-0.2, -0.15) is 12.1 Å². The number of aliphatic hydroxyl groups is 2.